The van der Waals surface area contributed by atoms with E-state index in [2.05, 4.69) is 20.7 Å². The number of hydrogen-bond acceptors (Lipinski definition) is 9. The number of benzene rings is 2. The lowest BCUT2D eigenvalue weighted by Gasteiger charge is -1.99. The van der Waals surface area contributed by atoms with Crippen LogP contribution in [0.5, 0.6) is 11.5 Å². The highest BCUT2D eigenvalue weighted by Crippen LogP contribution is 2.30. The van der Waals surface area contributed by atoms with Gasteiger partial charge in [-0.05, 0) is 41.5 Å². The molecule has 0 fully saturated rings. The third kappa shape index (κ3) is 6.93. The predicted octanol–water partition coefficient (Wildman–Crippen LogP) is 4.14. The molecule has 0 bridgehead atoms. The van der Waals surface area contributed by atoms with Crippen LogP contribution in [0.3, 0.4) is 0 Å². The maximum atomic E-state index is 11.9. The molecule has 0 aliphatic rings. The molecule has 0 spiro atoms. The Kier molecular flexibility index (Phi) is 7.76. The Balaban J connectivity index is 1.41. The van der Waals surface area contributed by atoms with Crippen molar-refractivity contribution in [1.29, 1.82) is 0 Å². The molecule has 0 saturated carbocycles. The molecule has 3 aromatic rings. The summed E-state index contributed by atoms with van der Waals surface area (Å²) in [7, 11) is 0. The van der Waals surface area contributed by atoms with Gasteiger partial charge in [-0.1, -0.05) is 58.6 Å². The zero-order valence-corrected chi connectivity index (χ0v) is 18.0. The van der Waals surface area contributed by atoms with Gasteiger partial charge < -0.3 is 10.2 Å². The summed E-state index contributed by atoms with van der Waals surface area (Å²) in [4.78, 5) is 11.9. The predicted molar refractivity (Wildman–Crippen MR) is 117 cm³/mol. The molecule has 1 amide bonds. The second kappa shape index (κ2) is 10.5. The third-order valence-electron chi connectivity index (χ3n) is 3.39. The fourth-order valence-corrected chi connectivity index (χ4v) is 4.89. The molecule has 0 unspecified atom stereocenters. The fourth-order valence-electron chi connectivity index (χ4n) is 2.00. The van der Waals surface area contributed by atoms with E-state index in [9.17, 15) is 15.0 Å². The molecule has 0 saturated heterocycles. The van der Waals surface area contributed by atoms with E-state index >= 15 is 0 Å². The zero-order chi connectivity index (χ0) is 20.6. The van der Waals surface area contributed by atoms with Gasteiger partial charge in [0.25, 0.3) is 5.91 Å². The molecule has 3 N–H and O–H groups in total. The Morgan fingerprint density at radius 3 is 2.55 bits per heavy atom. The molecule has 0 radical (unpaired) electrons. The summed E-state index contributed by atoms with van der Waals surface area (Å²) in [6.07, 6.45) is 1.37. The van der Waals surface area contributed by atoms with Gasteiger partial charge in [0.2, 0.25) is 0 Å². The Labute approximate surface area is 184 Å². The van der Waals surface area contributed by atoms with Crippen molar-refractivity contribution in [3.05, 3.63) is 58.6 Å². The fraction of sp³-hybridized carbons (Fsp3) is 0.111. The van der Waals surface area contributed by atoms with Crippen LogP contribution in [-0.4, -0.2) is 38.3 Å². The summed E-state index contributed by atoms with van der Waals surface area (Å²) in [5.41, 5.74) is 4.08. The minimum absolute atomic E-state index is 0.147. The number of halogens is 1. The van der Waals surface area contributed by atoms with E-state index < -0.39 is 0 Å². The van der Waals surface area contributed by atoms with Crippen molar-refractivity contribution in [2.24, 2.45) is 5.10 Å². The number of phenols is 2. The molecular weight excluding hydrogens is 452 g/mol. The minimum Gasteiger partial charge on any atom is -0.504 e. The Morgan fingerprint density at radius 2 is 1.83 bits per heavy atom. The summed E-state index contributed by atoms with van der Waals surface area (Å²) in [5, 5.41) is 31.4. The first-order valence-corrected chi connectivity index (χ1v) is 11.3. The third-order valence-corrected chi connectivity index (χ3v) is 6.91. The summed E-state index contributed by atoms with van der Waals surface area (Å²) < 4.78 is 1.53. The van der Waals surface area contributed by atoms with Gasteiger partial charge in [0.1, 0.15) is 0 Å². The van der Waals surface area contributed by atoms with E-state index in [1.165, 1.54) is 41.4 Å². The smallest absolute Gasteiger partial charge is 0.250 e. The van der Waals surface area contributed by atoms with Crippen LogP contribution in [-0.2, 0) is 10.5 Å². The van der Waals surface area contributed by atoms with Gasteiger partial charge in [0, 0.05) is 10.8 Å². The highest BCUT2D eigenvalue weighted by molar-refractivity contribution is 8.03. The molecule has 0 aliphatic carbocycles. The van der Waals surface area contributed by atoms with Crippen molar-refractivity contribution < 1.29 is 15.0 Å². The normalized spacial score (nSPS) is 11.1. The number of phenolic OH excluding ortho intramolecular Hbond substituents is 2. The number of amides is 1. The van der Waals surface area contributed by atoms with E-state index in [0.717, 1.165) is 15.7 Å². The van der Waals surface area contributed by atoms with Crippen LogP contribution < -0.4 is 5.43 Å². The number of hydrazone groups is 1. The molecule has 3 rings (SSSR count). The maximum absolute atomic E-state index is 11.9. The number of carbonyl (C=O) groups is 1. The lowest BCUT2D eigenvalue weighted by Crippen LogP contribution is -2.19. The van der Waals surface area contributed by atoms with Crippen LogP contribution in [0.1, 0.15) is 11.1 Å². The van der Waals surface area contributed by atoms with E-state index in [1.807, 2.05) is 24.3 Å². The van der Waals surface area contributed by atoms with Crippen molar-refractivity contribution in [1.82, 2.24) is 15.6 Å². The molecular formula is C18H15ClN4O3S3. The van der Waals surface area contributed by atoms with Crippen molar-refractivity contribution >= 4 is 58.6 Å². The van der Waals surface area contributed by atoms with Crippen molar-refractivity contribution in [2.45, 2.75) is 14.4 Å². The maximum Gasteiger partial charge on any atom is 0.250 e. The summed E-state index contributed by atoms with van der Waals surface area (Å²) in [6.45, 7) is 0. The van der Waals surface area contributed by atoms with Crippen LogP contribution in [0.4, 0.5) is 0 Å². The first-order valence-electron chi connectivity index (χ1n) is 8.17. The molecule has 1 heterocycles. The summed E-state index contributed by atoms with van der Waals surface area (Å²) in [5.74, 6) is 0.148. The summed E-state index contributed by atoms with van der Waals surface area (Å²) in [6, 6.07) is 11.9. The van der Waals surface area contributed by atoms with Crippen molar-refractivity contribution in [3.63, 3.8) is 0 Å². The Hall–Kier alpha value is -2.27. The number of hydrogen-bond donors (Lipinski definition) is 3. The highest BCUT2D eigenvalue weighted by Gasteiger charge is 2.09. The van der Waals surface area contributed by atoms with Crippen LogP contribution in [0, 0.1) is 0 Å². The first kappa shape index (κ1) is 21.4. The number of carbonyl (C=O) groups excluding carboxylic acids is 1. The Morgan fingerprint density at radius 1 is 1.10 bits per heavy atom. The van der Waals surface area contributed by atoms with Crippen LogP contribution in [0.2, 0.25) is 5.02 Å². The van der Waals surface area contributed by atoms with E-state index in [4.69, 9.17) is 11.6 Å². The average Bonchev–Trinajstić information content (AvgIpc) is 3.17. The SMILES string of the molecule is O=C(CSc1nnc(SCc2ccc(Cl)cc2)s1)NN=Cc1ccc(O)c(O)c1. The lowest BCUT2D eigenvalue weighted by molar-refractivity contribution is -0.118. The van der Waals surface area contributed by atoms with Gasteiger partial charge in [0.05, 0.1) is 12.0 Å². The van der Waals surface area contributed by atoms with Gasteiger partial charge in [0.15, 0.2) is 20.2 Å². The highest BCUT2D eigenvalue weighted by atomic mass is 35.5. The quantitative estimate of drug-likeness (QED) is 0.198. The second-order valence-corrected chi connectivity index (χ2v) is 9.44. The number of nitrogens with zero attached hydrogens (tertiary/aromatic N) is 3. The second-order valence-electron chi connectivity index (χ2n) is 5.58. The number of aromatic hydroxyl groups is 2. The number of thioether (sulfide) groups is 2. The molecule has 0 aliphatic heterocycles. The molecule has 11 heteroatoms. The number of nitrogens with one attached hydrogen (secondary N) is 1. The molecule has 150 valence electrons. The van der Waals surface area contributed by atoms with Crippen LogP contribution >= 0.6 is 46.5 Å². The van der Waals surface area contributed by atoms with Gasteiger partial charge in [-0.2, -0.15) is 5.10 Å². The van der Waals surface area contributed by atoms with Crippen LogP contribution in [0.15, 0.2) is 56.2 Å². The largest absolute Gasteiger partial charge is 0.504 e. The number of aromatic nitrogens is 2. The van der Waals surface area contributed by atoms with Crippen LogP contribution in [0.25, 0.3) is 0 Å². The molecule has 7 nitrogen and oxygen atoms in total. The zero-order valence-electron chi connectivity index (χ0n) is 14.8. The van der Waals surface area contributed by atoms with Crippen molar-refractivity contribution in [3.8, 4) is 11.5 Å². The van der Waals surface area contributed by atoms with Gasteiger partial charge in [-0.15, -0.1) is 10.2 Å². The van der Waals surface area contributed by atoms with E-state index in [1.54, 1.807) is 17.8 Å². The minimum atomic E-state index is -0.292. The Bertz CT molecular complexity index is 1010. The van der Waals surface area contributed by atoms with E-state index in [0.29, 0.717) is 14.9 Å². The lowest BCUT2D eigenvalue weighted by atomic mass is 10.2. The molecule has 1 aromatic heterocycles. The average molecular weight is 467 g/mol. The molecule has 29 heavy (non-hydrogen) atoms. The van der Waals surface area contributed by atoms with Gasteiger partial charge >= 0.3 is 0 Å². The number of rotatable bonds is 8. The van der Waals surface area contributed by atoms with Crippen molar-refractivity contribution in [2.75, 3.05) is 5.75 Å². The van der Waals surface area contributed by atoms with Gasteiger partial charge in [-0.25, -0.2) is 5.43 Å². The molecule has 0 atom stereocenters. The molecule has 2 aromatic carbocycles. The standard InChI is InChI=1S/C18H15ClN4O3S3/c19-13-4-1-11(2-5-13)9-27-17-22-23-18(29-17)28-10-16(26)21-20-8-12-3-6-14(24)15(25)7-12/h1-8,24-25H,9-10H2,(H,21,26). The monoisotopic (exact) mass is 466 g/mol. The van der Waals surface area contributed by atoms with E-state index in [-0.39, 0.29) is 23.2 Å². The summed E-state index contributed by atoms with van der Waals surface area (Å²) >= 11 is 10.2. The topological polar surface area (TPSA) is 108 Å². The first-order chi connectivity index (χ1) is 14.0. The van der Waals surface area contributed by atoms with Gasteiger partial charge in [-0.3, -0.25) is 4.79 Å².